The number of anilines is 1. The molecule has 3 heterocycles. The van der Waals surface area contributed by atoms with Crippen LogP contribution in [0, 0.1) is 0 Å². The number of aromatic nitrogens is 2. The van der Waals surface area contributed by atoms with E-state index in [4.69, 9.17) is 12.2 Å². The number of carbonyl (C=O) groups excluding carboxylic acids is 1. The standard InChI is InChI=1S/C25H29N5OS/c1-25(2,3)29-15-12-18(17-29)23-22(20-11-7-8-14-26-20)28-24(32)30(23)16-13-21(31)27-19-9-5-4-6-10-19/h4-12,14-15,17,22-23H,13,16H2,1-3H3,(H,27,31)(H,28,32)/t22-,23+/m0/s1. The molecule has 3 aromatic rings. The van der Waals surface area contributed by atoms with Gasteiger partial charge in [0.05, 0.1) is 17.8 Å². The summed E-state index contributed by atoms with van der Waals surface area (Å²) >= 11 is 5.71. The minimum atomic E-state index is -0.0864. The second-order valence-corrected chi connectivity index (χ2v) is 9.39. The Morgan fingerprint density at radius 2 is 1.88 bits per heavy atom. The third kappa shape index (κ3) is 4.83. The minimum absolute atomic E-state index is 0.0221. The van der Waals surface area contributed by atoms with Gasteiger partial charge in [-0.25, -0.2) is 0 Å². The lowest BCUT2D eigenvalue weighted by molar-refractivity contribution is -0.116. The van der Waals surface area contributed by atoms with Crippen molar-refractivity contribution >= 4 is 28.9 Å². The molecule has 0 unspecified atom stereocenters. The molecule has 7 heteroatoms. The molecule has 2 N–H and O–H groups in total. The molecule has 0 spiro atoms. The molecule has 0 radical (unpaired) electrons. The van der Waals surface area contributed by atoms with Crippen LogP contribution in [-0.2, 0) is 10.3 Å². The van der Waals surface area contributed by atoms with Crippen LogP contribution in [0.2, 0.25) is 0 Å². The largest absolute Gasteiger partial charge is 0.352 e. The topological polar surface area (TPSA) is 62.2 Å². The van der Waals surface area contributed by atoms with Crippen molar-refractivity contribution in [1.82, 2.24) is 19.8 Å². The van der Waals surface area contributed by atoms with E-state index < -0.39 is 0 Å². The van der Waals surface area contributed by atoms with Gasteiger partial charge in [0.25, 0.3) is 0 Å². The zero-order chi connectivity index (χ0) is 22.7. The molecule has 32 heavy (non-hydrogen) atoms. The summed E-state index contributed by atoms with van der Waals surface area (Å²) in [6.07, 6.45) is 6.41. The Labute approximate surface area is 194 Å². The van der Waals surface area contributed by atoms with Gasteiger partial charge in [0.1, 0.15) is 0 Å². The van der Waals surface area contributed by atoms with E-state index in [9.17, 15) is 4.79 Å². The van der Waals surface area contributed by atoms with Crippen molar-refractivity contribution in [3.05, 3.63) is 84.4 Å². The monoisotopic (exact) mass is 447 g/mol. The fraction of sp³-hybridized carbons (Fsp3) is 0.320. The van der Waals surface area contributed by atoms with Crippen LogP contribution in [0.15, 0.2) is 73.2 Å². The molecule has 0 saturated carbocycles. The van der Waals surface area contributed by atoms with E-state index in [0.29, 0.717) is 18.1 Å². The van der Waals surface area contributed by atoms with Gasteiger partial charge in [-0.1, -0.05) is 24.3 Å². The van der Waals surface area contributed by atoms with E-state index >= 15 is 0 Å². The van der Waals surface area contributed by atoms with Crippen molar-refractivity contribution in [1.29, 1.82) is 0 Å². The van der Waals surface area contributed by atoms with E-state index in [2.05, 4.69) is 64.3 Å². The van der Waals surface area contributed by atoms with Gasteiger partial charge in [-0.05, 0) is 68.9 Å². The number of thiocarbonyl (C=S) groups is 1. The maximum absolute atomic E-state index is 12.6. The summed E-state index contributed by atoms with van der Waals surface area (Å²) < 4.78 is 2.21. The first kappa shape index (κ1) is 22.0. The van der Waals surface area contributed by atoms with E-state index in [1.807, 2.05) is 48.5 Å². The van der Waals surface area contributed by atoms with Gasteiger partial charge in [-0.2, -0.15) is 0 Å². The summed E-state index contributed by atoms with van der Waals surface area (Å²) in [4.78, 5) is 19.3. The SMILES string of the molecule is CC(C)(C)n1ccc([C@@H]2[C@H](c3ccccn3)NC(=S)N2CCC(=O)Nc2ccccc2)c1. The van der Waals surface area contributed by atoms with Gasteiger partial charge >= 0.3 is 0 Å². The first-order chi connectivity index (χ1) is 15.3. The molecule has 1 fully saturated rings. The summed E-state index contributed by atoms with van der Waals surface area (Å²) in [5.41, 5.74) is 2.85. The Bertz CT molecular complexity index is 1070. The molecule has 6 nitrogen and oxygen atoms in total. The van der Waals surface area contributed by atoms with Crippen molar-refractivity contribution in [2.45, 2.75) is 44.8 Å². The molecule has 166 valence electrons. The number of nitrogens with one attached hydrogen (secondary N) is 2. The summed E-state index contributed by atoms with van der Waals surface area (Å²) in [5.74, 6) is -0.0358. The molecule has 1 aliphatic heterocycles. The number of hydrogen-bond acceptors (Lipinski definition) is 3. The number of pyridine rings is 1. The number of hydrogen-bond donors (Lipinski definition) is 2. The van der Waals surface area contributed by atoms with E-state index in [0.717, 1.165) is 16.9 Å². The van der Waals surface area contributed by atoms with Crippen LogP contribution in [0.25, 0.3) is 0 Å². The number of benzene rings is 1. The highest BCUT2D eigenvalue weighted by molar-refractivity contribution is 7.80. The van der Waals surface area contributed by atoms with Gasteiger partial charge in [0.2, 0.25) is 5.91 Å². The predicted octanol–water partition coefficient (Wildman–Crippen LogP) is 4.64. The lowest BCUT2D eigenvalue weighted by Gasteiger charge is -2.27. The molecular weight excluding hydrogens is 418 g/mol. The Morgan fingerprint density at radius 1 is 1.12 bits per heavy atom. The normalized spacial score (nSPS) is 18.5. The quantitative estimate of drug-likeness (QED) is 0.539. The number of nitrogens with zero attached hydrogens (tertiary/aromatic N) is 3. The van der Waals surface area contributed by atoms with Crippen LogP contribution in [0.1, 0.15) is 50.5 Å². The lowest BCUT2D eigenvalue weighted by Crippen LogP contribution is -2.32. The maximum Gasteiger partial charge on any atom is 0.226 e. The Kier molecular flexibility index (Phi) is 6.28. The second kappa shape index (κ2) is 9.12. The molecule has 1 saturated heterocycles. The van der Waals surface area contributed by atoms with Crippen molar-refractivity contribution in [3.8, 4) is 0 Å². The van der Waals surface area contributed by atoms with Crippen LogP contribution in [-0.4, -0.2) is 32.0 Å². The lowest BCUT2D eigenvalue weighted by atomic mass is 9.99. The highest BCUT2D eigenvalue weighted by Gasteiger charge is 2.40. The zero-order valence-electron chi connectivity index (χ0n) is 18.7. The first-order valence-electron chi connectivity index (χ1n) is 10.8. The van der Waals surface area contributed by atoms with E-state index in [1.54, 1.807) is 6.20 Å². The summed E-state index contributed by atoms with van der Waals surface area (Å²) in [7, 11) is 0. The maximum atomic E-state index is 12.6. The van der Waals surface area contributed by atoms with Gasteiger partial charge in [-0.15, -0.1) is 0 Å². The van der Waals surface area contributed by atoms with Crippen molar-refractivity contribution in [3.63, 3.8) is 0 Å². The first-order valence-corrected chi connectivity index (χ1v) is 11.2. The van der Waals surface area contributed by atoms with Gasteiger partial charge in [-0.3, -0.25) is 9.78 Å². The molecule has 0 aliphatic carbocycles. The van der Waals surface area contributed by atoms with Gasteiger partial charge < -0.3 is 20.1 Å². The highest BCUT2D eigenvalue weighted by Crippen LogP contribution is 2.39. The van der Waals surface area contributed by atoms with Crippen LogP contribution in [0.3, 0.4) is 0 Å². The Hall–Kier alpha value is -3.19. The van der Waals surface area contributed by atoms with Crippen LogP contribution < -0.4 is 10.6 Å². The smallest absolute Gasteiger partial charge is 0.226 e. The molecule has 1 aromatic carbocycles. The molecule has 2 atom stereocenters. The molecule has 1 amide bonds. The molecule has 0 bridgehead atoms. The van der Waals surface area contributed by atoms with Crippen molar-refractivity contribution in [2.24, 2.45) is 0 Å². The average Bonchev–Trinajstić information content (AvgIpc) is 3.38. The molecular formula is C25H29N5OS. The number of carbonyl (C=O) groups is 1. The van der Waals surface area contributed by atoms with Crippen LogP contribution >= 0.6 is 12.2 Å². The molecule has 4 rings (SSSR count). The molecule has 1 aliphatic rings. The van der Waals surface area contributed by atoms with Crippen LogP contribution in [0.5, 0.6) is 0 Å². The van der Waals surface area contributed by atoms with Crippen LogP contribution in [0.4, 0.5) is 5.69 Å². The third-order valence-corrected chi connectivity index (χ3v) is 6.02. The van der Waals surface area contributed by atoms with Gasteiger partial charge in [0, 0.05) is 42.8 Å². The van der Waals surface area contributed by atoms with Gasteiger partial charge in [0.15, 0.2) is 5.11 Å². The third-order valence-electron chi connectivity index (χ3n) is 5.67. The Morgan fingerprint density at radius 3 is 2.53 bits per heavy atom. The highest BCUT2D eigenvalue weighted by atomic mass is 32.1. The minimum Gasteiger partial charge on any atom is -0.352 e. The second-order valence-electron chi connectivity index (χ2n) is 9.01. The van der Waals surface area contributed by atoms with Crippen molar-refractivity contribution < 1.29 is 4.79 Å². The summed E-state index contributed by atoms with van der Waals surface area (Å²) in [5, 5.41) is 7.04. The summed E-state index contributed by atoms with van der Waals surface area (Å²) in [6.45, 7) is 7.04. The fourth-order valence-electron chi connectivity index (χ4n) is 3.98. The zero-order valence-corrected chi connectivity index (χ0v) is 19.5. The molecule has 2 aromatic heterocycles. The number of amides is 1. The average molecular weight is 448 g/mol. The number of para-hydroxylation sites is 1. The predicted molar refractivity (Wildman–Crippen MR) is 131 cm³/mol. The Balaban J connectivity index is 1.57. The number of rotatable bonds is 6. The summed E-state index contributed by atoms with van der Waals surface area (Å²) in [6, 6.07) is 17.4. The van der Waals surface area contributed by atoms with E-state index in [-0.39, 0.29) is 23.5 Å². The van der Waals surface area contributed by atoms with E-state index in [1.165, 1.54) is 0 Å². The van der Waals surface area contributed by atoms with Crippen molar-refractivity contribution in [2.75, 3.05) is 11.9 Å². The fourth-order valence-corrected chi connectivity index (χ4v) is 4.31.